The first-order chi connectivity index (χ1) is 11.4. The highest BCUT2D eigenvalue weighted by atomic mass is 32.2. The minimum atomic E-state index is -3.07. The summed E-state index contributed by atoms with van der Waals surface area (Å²) in [5, 5.41) is 6.19. The first-order valence-corrected chi connectivity index (χ1v) is 9.83. The number of amides is 1. The summed E-state index contributed by atoms with van der Waals surface area (Å²) in [7, 11) is -3.07. The SMILES string of the molecule is CS(=O)(=O)Cc1ccc(C(=O)NCc2ccc3c(c2)CNC3)cc1. The Balaban J connectivity index is 1.60. The Hall–Kier alpha value is -2.18. The van der Waals surface area contributed by atoms with Crippen molar-refractivity contribution in [2.75, 3.05) is 6.26 Å². The van der Waals surface area contributed by atoms with Crippen LogP contribution in [0.4, 0.5) is 0 Å². The molecule has 0 radical (unpaired) electrons. The molecule has 0 saturated carbocycles. The van der Waals surface area contributed by atoms with E-state index in [4.69, 9.17) is 0 Å². The highest BCUT2D eigenvalue weighted by Crippen LogP contribution is 2.17. The summed E-state index contributed by atoms with van der Waals surface area (Å²) in [5.74, 6) is -0.183. The molecule has 0 aliphatic carbocycles. The molecule has 0 aromatic heterocycles. The average Bonchev–Trinajstić information content (AvgIpc) is 2.99. The largest absolute Gasteiger partial charge is 0.348 e. The van der Waals surface area contributed by atoms with Crippen LogP contribution in [0, 0.1) is 0 Å². The number of hydrogen-bond acceptors (Lipinski definition) is 4. The highest BCUT2D eigenvalue weighted by molar-refractivity contribution is 7.89. The van der Waals surface area contributed by atoms with Crippen LogP contribution in [0.2, 0.25) is 0 Å². The molecule has 0 saturated heterocycles. The maximum Gasteiger partial charge on any atom is 0.251 e. The van der Waals surface area contributed by atoms with Crippen molar-refractivity contribution in [3.05, 3.63) is 70.3 Å². The number of rotatable bonds is 5. The second-order valence-corrected chi connectivity index (χ2v) is 8.30. The van der Waals surface area contributed by atoms with E-state index in [0.717, 1.165) is 18.7 Å². The molecule has 0 spiro atoms. The second kappa shape index (κ2) is 6.75. The van der Waals surface area contributed by atoms with Gasteiger partial charge in [0, 0.05) is 31.5 Å². The normalized spacial score (nSPS) is 13.5. The van der Waals surface area contributed by atoms with Crippen molar-refractivity contribution in [3.8, 4) is 0 Å². The van der Waals surface area contributed by atoms with Crippen molar-refractivity contribution >= 4 is 15.7 Å². The fourth-order valence-electron chi connectivity index (χ4n) is 2.80. The number of carbonyl (C=O) groups is 1. The zero-order chi connectivity index (χ0) is 17.2. The Bertz CT molecular complexity index is 858. The molecule has 3 rings (SSSR count). The predicted octanol–water partition coefficient (Wildman–Crippen LogP) is 1.76. The van der Waals surface area contributed by atoms with E-state index in [2.05, 4.69) is 22.8 Å². The molecule has 6 heteroatoms. The van der Waals surface area contributed by atoms with Gasteiger partial charge in [0.25, 0.3) is 5.91 Å². The molecule has 1 heterocycles. The van der Waals surface area contributed by atoms with E-state index in [-0.39, 0.29) is 11.7 Å². The molecule has 0 atom stereocenters. The number of benzene rings is 2. The van der Waals surface area contributed by atoms with Gasteiger partial charge in [0.15, 0.2) is 9.84 Å². The van der Waals surface area contributed by atoms with Crippen LogP contribution in [0.15, 0.2) is 42.5 Å². The standard InChI is InChI=1S/C18H20N2O3S/c1-24(22,23)12-13-2-5-15(6-3-13)18(21)20-9-14-4-7-16-10-19-11-17(16)8-14/h2-8,19H,9-12H2,1H3,(H,20,21). The monoisotopic (exact) mass is 344 g/mol. The summed E-state index contributed by atoms with van der Waals surface area (Å²) in [6.45, 7) is 2.25. The number of fused-ring (bicyclic) bond motifs is 1. The van der Waals surface area contributed by atoms with E-state index in [9.17, 15) is 13.2 Å². The lowest BCUT2D eigenvalue weighted by molar-refractivity contribution is 0.0951. The third kappa shape index (κ3) is 4.21. The van der Waals surface area contributed by atoms with Crippen LogP contribution in [-0.4, -0.2) is 20.6 Å². The van der Waals surface area contributed by atoms with Crippen LogP contribution >= 0.6 is 0 Å². The van der Waals surface area contributed by atoms with Crippen molar-refractivity contribution < 1.29 is 13.2 Å². The molecule has 1 aliphatic heterocycles. The van der Waals surface area contributed by atoms with Crippen molar-refractivity contribution in [1.29, 1.82) is 0 Å². The molecule has 2 aromatic rings. The second-order valence-electron chi connectivity index (χ2n) is 6.16. The van der Waals surface area contributed by atoms with Gasteiger partial charge in [0.1, 0.15) is 0 Å². The molecule has 0 fully saturated rings. The lowest BCUT2D eigenvalue weighted by Gasteiger charge is -2.08. The molecule has 0 bridgehead atoms. The third-order valence-corrected chi connectivity index (χ3v) is 4.86. The zero-order valence-electron chi connectivity index (χ0n) is 13.5. The van der Waals surface area contributed by atoms with Gasteiger partial charge >= 0.3 is 0 Å². The fraction of sp³-hybridized carbons (Fsp3) is 0.278. The number of carbonyl (C=O) groups excluding carboxylic acids is 1. The van der Waals surface area contributed by atoms with Gasteiger partial charge in [0.2, 0.25) is 0 Å². The van der Waals surface area contributed by atoms with Gasteiger partial charge in [-0.25, -0.2) is 8.42 Å². The summed E-state index contributed by atoms with van der Waals surface area (Å²) >= 11 is 0. The van der Waals surface area contributed by atoms with Crippen LogP contribution in [0.1, 0.15) is 32.6 Å². The molecule has 1 amide bonds. The molecule has 1 aliphatic rings. The Morgan fingerprint density at radius 1 is 1.04 bits per heavy atom. The summed E-state index contributed by atoms with van der Waals surface area (Å²) < 4.78 is 22.6. The summed E-state index contributed by atoms with van der Waals surface area (Å²) in [6.07, 6.45) is 1.19. The smallest absolute Gasteiger partial charge is 0.251 e. The fourth-order valence-corrected chi connectivity index (χ4v) is 3.60. The van der Waals surface area contributed by atoms with E-state index >= 15 is 0 Å². The lowest BCUT2D eigenvalue weighted by atomic mass is 10.1. The number of nitrogens with one attached hydrogen (secondary N) is 2. The van der Waals surface area contributed by atoms with E-state index < -0.39 is 9.84 Å². The van der Waals surface area contributed by atoms with E-state index in [1.54, 1.807) is 24.3 Å². The Labute approximate surface area is 142 Å². The van der Waals surface area contributed by atoms with E-state index in [0.29, 0.717) is 17.7 Å². The topological polar surface area (TPSA) is 75.3 Å². The predicted molar refractivity (Wildman–Crippen MR) is 93.1 cm³/mol. The van der Waals surface area contributed by atoms with Crippen LogP contribution in [0.5, 0.6) is 0 Å². The first-order valence-electron chi connectivity index (χ1n) is 7.77. The molecule has 2 N–H and O–H groups in total. The molecule has 2 aromatic carbocycles. The molecule has 126 valence electrons. The van der Waals surface area contributed by atoms with E-state index in [1.165, 1.54) is 17.4 Å². The van der Waals surface area contributed by atoms with Gasteiger partial charge in [-0.15, -0.1) is 0 Å². The van der Waals surface area contributed by atoms with Gasteiger partial charge in [-0.05, 0) is 34.4 Å². The molecular formula is C18H20N2O3S. The van der Waals surface area contributed by atoms with Gasteiger partial charge < -0.3 is 10.6 Å². The highest BCUT2D eigenvalue weighted by Gasteiger charge is 2.11. The zero-order valence-corrected chi connectivity index (χ0v) is 14.3. The maximum atomic E-state index is 12.2. The molecule has 24 heavy (non-hydrogen) atoms. The van der Waals surface area contributed by atoms with Crippen molar-refractivity contribution in [2.24, 2.45) is 0 Å². The van der Waals surface area contributed by atoms with Crippen LogP contribution in [0.3, 0.4) is 0 Å². The Kier molecular flexibility index (Phi) is 4.69. The first kappa shape index (κ1) is 16.7. The Morgan fingerprint density at radius 3 is 2.42 bits per heavy atom. The summed E-state index contributed by atoms with van der Waals surface area (Å²) in [6, 6.07) is 12.9. The quantitative estimate of drug-likeness (QED) is 0.867. The maximum absolute atomic E-state index is 12.2. The molecular weight excluding hydrogens is 324 g/mol. The van der Waals surface area contributed by atoms with Gasteiger partial charge in [-0.3, -0.25) is 4.79 Å². The Morgan fingerprint density at radius 2 is 1.71 bits per heavy atom. The van der Waals surface area contributed by atoms with Gasteiger partial charge in [0.05, 0.1) is 5.75 Å². The van der Waals surface area contributed by atoms with Crippen LogP contribution in [-0.2, 0) is 35.2 Å². The number of sulfone groups is 1. The average molecular weight is 344 g/mol. The van der Waals surface area contributed by atoms with E-state index in [1.807, 2.05) is 6.07 Å². The summed E-state index contributed by atoms with van der Waals surface area (Å²) in [5.41, 5.74) is 4.87. The minimum absolute atomic E-state index is 0.0158. The van der Waals surface area contributed by atoms with Crippen LogP contribution < -0.4 is 10.6 Å². The number of hydrogen-bond donors (Lipinski definition) is 2. The van der Waals surface area contributed by atoms with Gasteiger partial charge in [-0.1, -0.05) is 30.3 Å². The lowest BCUT2D eigenvalue weighted by Crippen LogP contribution is -2.22. The van der Waals surface area contributed by atoms with Crippen molar-refractivity contribution in [3.63, 3.8) is 0 Å². The third-order valence-electron chi connectivity index (χ3n) is 4.00. The van der Waals surface area contributed by atoms with Crippen molar-refractivity contribution in [2.45, 2.75) is 25.4 Å². The minimum Gasteiger partial charge on any atom is -0.348 e. The van der Waals surface area contributed by atoms with Crippen molar-refractivity contribution in [1.82, 2.24) is 10.6 Å². The molecule has 0 unspecified atom stereocenters. The summed E-state index contributed by atoms with van der Waals surface area (Å²) in [4.78, 5) is 12.2. The molecule has 5 nitrogen and oxygen atoms in total. The van der Waals surface area contributed by atoms with Gasteiger partial charge in [-0.2, -0.15) is 0 Å². The van der Waals surface area contributed by atoms with Crippen LogP contribution in [0.25, 0.3) is 0 Å².